The summed E-state index contributed by atoms with van der Waals surface area (Å²) in [5.74, 6) is -4.48. The number of aromatic carboxylic acids is 1. The SMILES string of the molecule is O=C(O)c1ncnc(C(=O)NCc2ccc(F)c(Cl)c2)c1F. The van der Waals surface area contributed by atoms with E-state index in [4.69, 9.17) is 16.7 Å². The largest absolute Gasteiger partial charge is 0.476 e. The first-order valence-corrected chi connectivity index (χ1v) is 6.24. The Bertz CT molecular complexity index is 755. The zero-order valence-electron chi connectivity index (χ0n) is 10.8. The molecule has 0 spiro atoms. The van der Waals surface area contributed by atoms with E-state index in [1.807, 2.05) is 0 Å². The topological polar surface area (TPSA) is 92.2 Å². The van der Waals surface area contributed by atoms with Crippen molar-refractivity contribution in [3.8, 4) is 0 Å². The Balaban J connectivity index is 2.14. The number of carbonyl (C=O) groups is 2. The van der Waals surface area contributed by atoms with Crippen LogP contribution in [0.15, 0.2) is 24.5 Å². The van der Waals surface area contributed by atoms with Gasteiger partial charge in [0.2, 0.25) is 0 Å². The van der Waals surface area contributed by atoms with Crippen molar-refractivity contribution in [3.05, 3.63) is 58.1 Å². The fraction of sp³-hybridized carbons (Fsp3) is 0.0769. The number of amides is 1. The van der Waals surface area contributed by atoms with E-state index >= 15 is 0 Å². The summed E-state index contributed by atoms with van der Waals surface area (Å²) in [5, 5.41) is 10.9. The lowest BCUT2D eigenvalue weighted by molar-refractivity contribution is 0.0684. The number of halogens is 3. The number of aromatic nitrogens is 2. The maximum atomic E-state index is 13.8. The number of carbonyl (C=O) groups excluding carboxylic acids is 1. The molecule has 0 fully saturated rings. The normalized spacial score (nSPS) is 10.3. The van der Waals surface area contributed by atoms with Crippen molar-refractivity contribution in [1.29, 1.82) is 0 Å². The van der Waals surface area contributed by atoms with Crippen molar-refractivity contribution in [3.63, 3.8) is 0 Å². The highest BCUT2D eigenvalue weighted by molar-refractivity contribution is 6.30. The van der Waals surface area contributed by atoms with Crippen molar-refractivity contribution in [2.24, 2.45) is 0 Å². The van der Waals surface area contributed by atoms with E-state index in [9.17, 15) is 18.4 Å². The Labute approximate surface area is 127 Å². The lowest BCUT2D eigenvalue weighted by Crippen LogP contribution is -2.26. The van der Waals surface area contributed by atoms with Crippen LogP contribution in [0, 0.1) is 11.6 Å². The maximum absolute atomic E-state index is 13.8. The first-order chi connectivity index (χ1) is 10.4. The summed E-state index contributed by atoms with van der Waals surface area (Å²) in [5.41, 5.74) is -1.11. The fourth-order valence-electron chi connectivity index (χ4n) is 1.59. The van der Waals surface area contributed by atoms with Crippen LogP contribution < -0.4 is 5.32 Å². The Hall–Kier alpha value is -2.61. The van der Waals surface area contributed by atoms with E-state index in [1.165, 1.54) is 12.1 Å². The number of carboxylic acids is 1. The fourth-order valence-corrected chi connectivity index (χ4v) is 1.80. The van der Waals surface area contributed by atoms with Gasteiger partial charge in [-0.3, -0.25) is 4.79 Å². The van der Waals surface area contributed by atoms with Gasteiger partial charge in [-0.15, -0.1) is 0 Å². The molecule has 2 rings (SSSR count). The molecule has 1 aromatic carbocycles. The van der Waals surface area contributed by atoms with Crippen molar-refractivity contribution in [2.45, 2.75) is 6.54 Å². The molecule has 2 N–H and O–H groups in total. The molecular weight excluding hydrogens is 320 g/mol. The third-order valence-electron chi connectivity index (χ3n) is 2.64. The first-order valence-electron chi connectivity index (χ1n) is 5.86. The third-order valence-corrected chi connectivity index (χ3v) is 2.93. The van der Waals surface area contributed by atoms with Crippen molar-refractivity contribution < 1.29 is 23.5 Å². The molecule has 1 amide bonds. The zero-order valence-corrected chi connectivity index (χ0v) is 11.6. The highest BCUT2D eigenvalue weighted by Crippen LogP contribution is 2.16. The molecule has 0 saturated carbocycles. The summed E-state index contributed by atoms with van der Waals surface area (Å²) >= 11 is 5.59. The lowest BCUT2D eigenvalue weighted by atomic mass is 10.2. The number of rotatable bonds is 4. The standard InChI is InChI=1S/C13H8ClF2N3O3/c14-7-3-6(1-2-8(7)15)4-17-12(20)10-9(16)11(13(21)22)19-5-18-10/h1-3,5H,4H2,(H,17,20)(H,21,22). The molecule has 0 radical (unpaired) electrons. The first kappa shape index (κ1) is 15.8. The smallest absolute Gasteiger partial charge is 0.357 e. The van der Waals surface area contributed by atoms with E-state index in [1.54, 1.807) is 0 Å². The van der Waals surface area contributed by atoms with Crippen LogP contribution >= 0.6 is 11.6 Å². The molecule has 0 bridgehead atoms. The Morgan fingerprint density at radius 2 is 1.91 bits per heavy atom. The number of nitrogens with zero attached hydrogens (tertiary/aromatic N) is 2. The summed E-state index contributed by atoms with van der Waals surface area (Å²) in [6.07, 6.45) is 0.774. The molecular formula is C13H8ClF2N3O3. The number of hydrogen-bond acceptors (Lipinski definition) is 4. The molecule has 0 atom stereocenters. The van der Waals surface area contributed by atoms with Gasteiger partial charge in [0.25, 0.3) is 5.91 Å². The number of nitrogens with one attached hydrogen (secondary N) is 1. The number of hydrogen-bond donors (Lipinski definition) is 2. The molecule has 22 heavy (non-hydrogen) atoms. The second-order valence-corrected chi connectivity index (χ2v) is 4.53. The van der Waals surface area contributed by atoms with Gasteiger partial charge in [-0.05, 0) is 17.7 Å². The summed E-state index contributed by atoms with van der Waals surface area (Å²) in [6, 6.07) is 3.81. The van der Waals surface area contributed by atoms with E-state index in [-0.39, 0.29) is 11.6 Å². The zero-order chi connectivity index (χ0) is 16.3. The highest BCUT2D eigenvalue weighted by Gasteiger charge is 2.21. The van der Waals surface area contributed by atoms with E-state index < -0.39 is 34.9 Å². The Kier molecular flexibility index (Phi) is 4.62. The van der Waals surface area contributed by atoms with Gasteiger partial charge < -0.3 is 10.4 Å². The average Bonchev–Trinajstić information content (AvgIpc) is 2.48. The Morgan fingerprint density at radius 1 is 1.23 bits per heavy atom. The highest BCUT2D eigenvalue weighted by atomic mass is 35.5. The summed E-state index contributed by atoms with van der Waals surface area (Å²) in [7, 11) is 0. The minimum atomic E-state index is -1.61. The van der Waals surface area contributed by atoms with Crippen LogP contribution in [0.1, 0.15) is 26.5 Å². The van der Waals surface area contributed by atoms with Crippen LogP contribution in [0.25, 0.3) is 0 Å². The molecule has 1 heterocycles. The van der Waals surface area contributed by atoms with Gasteiger partial charge in [0.15, 0.2) is 17.2 Å². The van der Waals surface area contributed by atoms with Crippen molar-refractivity contribution >= 4 is 23.5 Å². The molecule has 1 aromatic heterocycles. The molecule has 6 nitrogen and oxygen atoms in total. The Morgan fingerprint density at radius 3 is 2.55 bits per heavy atom. The average molecular weight is 328 g/mol. The van der Waals surface area contributed by atoms with Crippen molar-refractivity contribution in [2.75, 3.05) is 0 Å². The van der Waals surface area contributed by atoms with E-state index in [0.29, 0.717) is 5.56 Å². The van der Waals surface area contributed by atoms with E-state index in [0.717, 1.165) is 12.4 Å². The van der Waals surface area contributed by atoms with Gasteiger partial charge in [0.1, 0.15) is 12.1 Å². The number of carboxylic acid groups (broad SMARTS) is 1. The molecule has 0 aliphatic heterocycles. The quantitative estimate of drug-likeness (QED) is 0.896. The van der Waals surface area contributed by atoms with Gasteiger partial charge >= 0.3 is 5.97 Å². The summed E-state index contributed by atoms with van der Waals surface area (Å²) < 4.78 is 26.8. The van der Waals surface area contributed by atoms with Crippen LogP contribution in [0.3, 0.4) is 0 Å². The van der Waals surface area contributed by atoms with Crippen LogP contribution in [0.2, 0.25) is 5.02 Å². The molecule has 9 heteroatoms. The maximum Gasteiger partial charge on any atom is 0.357 e. The van der Waals surface area contributed by atoms with Gasteiger partial charge in [0, 0.05) is 6.54 Å². The van der Waals surface area contributed by atoms with Gasteiger partial charge in [-0.2, -0.15) is 0 Å². The second-order valence-electron chi connectivity index (χ2n) is 4.12. The van der Waals surface area contributed by atoms with Crippen molar-refractivity contribution in [1.82, 2.24) is 15.3 Å². The molecule has 2 aromatic rings. The predicted octanol–water partition coefficient (Wildman–Crippen LogP) is 2.04. The molecule has 0 aliphatic carbocycles. The minimum absolute atomic E-state index is 0.0648. The predicted molar refractivity (Wildman–Crippen MR) is 71.5 cm³/mol. The number of benzene rings is 1. The van der Waals surface area contributed by atoms with Gasteiger partial charge in [-0.1, -0.05) is 17.7 Å². The summed E-state index contributed by atoms with van der Waals surface area (Å²) in [4.78, 5) is 29.2. The molecule has 0 unspecified atom stereocenters. The van der Waals surface area contributed by atoms with Crippen LogP contribution in [-0.4, -0.2) is 27.0 Å². The lowest BCUT2D eigenvalue weighted by Gasteiger charge is -2.07. The molecule has 0 aliphatic rings. The minimum Gasteiger partial charge on any atom is -0.476 e. The van der Waals surface area contributed by atoms with Crippen LogP contribution in [0.4, 0.5) is 8.78 Å². The van der Waals surface area contributed by atoms with Crippen LogP contribution in [-0.2, 0) is 6.54 Å². The summed E-state index contributed by atoms with van der Waals surface area (Å²) in [6.45, 7) is -0.0648. The second kappa shape index (κ2) is 6.44. The van der Waals surface area contributed by atoms with E-state index in [2.05, 4.69) is 15.3 Å². The third kappa shape index (κ3) is 3.34. The van der Waals surface area contributed by atoms with Gasteiger partial charge in [0.05, 0.1) is 5.02 Å². The monoisotopic (exact) mass is 327 g/mol. The molecule has 0 saturated heterocycles. The molecule has 114 valence electrons. The van der Waals surface area contributed by atoms with Crippen LogP contribution in [0.5, 0.6) is 0 Å². The van der Waals surface area contributed by atoms with Gasteiger partial charge in [-0.25, -0.2) is 23.5 Å².